The third kappa shape index (κ3) is 1.87. The smallest absolute Gasteiger partial charge is 0.305 e. The van der Waals surface area contributed by atoms with Gasteiger partial charge in [-0.15, -0.1) is 0 Å². The molecule has 0 spiro atoms. The van der Waals surface area contributed by atoms with Gasteiger partial charge in [-0.25, -0.2) is 0 Å². The van der Waals surface area contributed by atoms with Gasteiger partial charge < -0.3 is 9.47 Å². The highest BCUT2D eigenvalue weighted by Crippen LogP contribution is 2.27. The number of carbonyl (C=O) groups excluding carboxylic acids is 1. The minimum absolute atomic E-state index is 0.297. The Hall–Kier alpha value is -1.51. The summed E-state index contributed by atoms with van der Waals surface area (Å²) < 4.78 is 10.5. The second-order valence-electron chi connectivity index (χ2n) is 3.30. The summed E-state index contributed by atoms with van der Waals surface area (Å²) in [5.41, 5.74) is 1.18. The van der Waals surface area contributed by atoms with Gasteiger partial charge in [-0.3, -0.25) is 4.79 Å². The van der Waals surface area contributed by atoms with Crippen molar-refractivity contribution >= 4 is 5.97 Å². The summed E-state index contributed by atoms with van der Waals surface area (Å²) in [5.74, 6) is 0.527. The van der Waals surface area contributed by atoms with E-state index in [1.807, 2.05) is 24.3 Å². The average Bonchev–Trinajstić information content (AvgIpc) is 2.17. The van der Waals surface area contributed by atoms with Crippen LogP contribution in [0.3, 0.4) is 0 Å². The SMILES string of the molecule is CC(=O)O[C@H]1CCc2ccccc2O1. The molecule has 74 valence electrons. The standard InChI is InChI=1S/C11H12O3/c1-8(12)13-11-7-6-9-4-2-3-5-10(9)14-11/h2-5,11H,6-7H2,1H3/t11-/m1/s1. The van der Waals surface area contributed by atoms with E-state index >= 15 is 0 Å². The fourth-order valence-electron chi connectivity index (χ4n) is 1.57. The second-order valence-corrected chi connectivity index (χ2v) is 3.30. The Morgan fingerprint density at radius 3 is 3.07 bits per heavy atom. The Balaban J connectivity index is 2.09. The molecule has 1 aromatic carbocycles. The maximum atomic E-state index is 10.7. The molecular weight excluding hydrogens is 180 g/mol. The van der Waals surface area contributed by atoms with Crippen molar-refractivity contribution in [1.29, 1.82) is 0 Å². The number of aryl methyl sites for hydroxylation is 1. The lowest BCUT2D eigenvalue weighted by Gasteiger charge is -2.24. The minimum atomic E-state index is -0.414. The summed E-state index contributed by atoms with van der Waals surface area (Å²) in [6, 6.07) is 7.81. The molecule has 1 aliphatic heterocycles. The Kier molecular flexibility index (Phi) is 2.39. The van der Waals surface area contributed by atoms with Gasteiger partial charge in [-0.05, 0) is 18.1 Å². The Morgan fingerprint density at radius 2 is 2.29 bits per heavy atom. The van der Waals surface area contributed by atoms with Gasteiger partial charge in [-0.1, -0.05) is 18.2 Å². The Labute approximate surface area is 82.6 Å². The molecule has 0 fully saturated rings. The highest BCUT2D eigenvalue weighted by molar-refractivity contribution is 5.66. The number of fused-ring (bicyclic) bond motifs is 1. The van der Waals surface area contributed by atoms with Crippen LogP contribution in [0.25, 0.3) is 0 Å². The Morgan fingerprint density at radius 1 is 1.50 bits per heavy atom. The first kappa shape index (κ1) is 9.06. The number of hydrogen-bond acceptors (Lipinski definition) is 3. The van der Waals surface area contributed by atoms with Gasteiger partial charge >= 0.3 is 5.97 Å². The van der Waals surface area contributed by atoms with Crippen molar-refractivity contribution < 1.29 is 14.3 Å². The number of carbonyl (C=O) groups is 1. The van der Waals surface area contributed by atoms with Crippen molar-refractivity contribution in [2.24, 2.45) is 0 Å². The fraction of sp³-hybridized carbons (Fsp3) is 0.364. The van der Waals surface area contributed by atoms with Crippen molar-refractivity contribution in [3.05, 3.63) is 29.8 Å². The van der Waals surface area contributed by atoms with Crippen molar-refractivity contribution in [1.82, 2.24) is 0 Å². The maximum Gasteiger partial charge on any atom is 0.305 e. The molecule has 1 aromatic rings. The topological polar surface area (TPSA) is 35.5 Å². The van der Waals surface area contributed by atoms with Crippen LogP contribution in [0.2, 0.25) is 0 Å². The van der Waals surface area contributed by atoms with Crippen LogP contribution in [0, 0.1) is 0 Å². The van der Waals surface area contributed by atoms with E-state index in [2.05, 4.69) is 0 Å². The van der Waals surface area contributed by atoms with Crippen LogP contribution in [0.5, 0.6) is 5.75 Å². The molecule has 0 N–H and O–H groups in total. The van der Waals surface area contributed by atoms with Gasteiger partial charge in [0.2, 0.25) is 6.29 Å². The van der Waals surface area contributed by atoms with E-state index in [4.69, 9.17) is 9.47 Å². The van der Waals surface area contributed by atoms with Crippen LogP contribution in [0.4, 0.5) is 0 Å². The van der Waals surface area contributed by atoms with E-state index in [0.29, 0.717) is 0 Å². The number of para-hydroxylation sites is 1. The largest absolute Gasteiger partial charge is 0.454 e. The molecule has 0 bridgehead atoms. The lowest BCUT2D eigenvalue weighted by atomic mass is 10.1. The van der Waals surface area contributed by atoms with Crippen LogP contribution in [-0.4, -0.2) is 12.3 Å². The quantitative estimate of drug-likeness (QED) is 0.637. The van der Waals surface area contributed by atoms with Crippen molar-refractivity contribution in [2.45, 2.75) is 26.1 Å². The summed E-state index contributed by atoms with van der Waals surface area (Å²) >= 11 is 0. The molecule has 0 aliphatic carbocycles. The molecule has 0 unspecified atom stereocenters. The molecule has 2 rings (SSSR count). The van der Waals surface area contributed by atoms with Gasteiger partial charge in [0.15, 0.2) is 0 Å². The molecule has 0 saturated carbocycles. The summed E-state index contributed by atoms with van der Waals surface area (Å²) in [5, 5.41) is 0. The summed E-state index contributed by atoms with van der Waals surface area (Å²) in [6.07, 6.45) is 1.22. The van der Waals surface area contributed by atoms with E-state index in [9.17, 15) is 4.79 Å². The van der Waals surface area contributed by atoms with E-state index in [-0.39, 0.29) is 5.97 Å². The third-order valence-corrected chi connectivity index (χ3v) is 2.18. The number of hydrogen-bond donors (Lipinski definition) is 0. The van der Waals surface area contributed by atoms with Crippen LogP contribution in [-0.2, 0) is 16.0 Å². The van der Waals surface area contributed by atoms with Crippen molar-refractivity contribution in [3.63, 3.8) is 0 Å². The molecule has 0 aromatic heterocycles. The number of benzene rings is 1. The van der Waals surface area contributed by atoms with Crippen molar-refractivity contribution in [2.75, 3.05) is 0 Å². The zero-order chi connectivity index (χ0) is 9.97. The van der Waals surface area contributed by atoms with Gasteiger partial charge in [0.05, 0.1) is 0 Å². The predicted molar refractivity (Wildman–Crippen MR) is 50.9 cm³/mol. The lowest BCUT2D eigenvalue weighted by Crippen LogP contribution is -2.27. The highest BCUT2D eigenvalue weighted by atomic mass is 16.7. The first-order valence-corrected chi connectivity index (χ1v) is 4.67. The van der Waals surface area contributed by atoms with Gasteiger partial charge in [0, 0.05) is 13.3 Å². The summed E-state index contributed by atoms with van der Waals surface area (Å²) in [7, 11) is 0. The molecule has 3 heteroatoms. The molecule has 1 heterocycles. The molecule has 1 atom stereocenters. The van der Waals surface area contributed by atoms with Gasteiger partial charge in [0.1, 0.15) is 5.75 Å². The highest BCUT2D eigenvalue weighted by Gasteiger charge is 2.20. The molecule has 0 amide bonds. The lowest BCUT2D eigenvalue weighted by molar-refractivity contribution is -0.162. The number of rotatable bonds is 1. The predicted octanol–water partition coefficient (Wildman–Crippen LogP) is 1.90. The first-order valence-electron chi connectivity index (χ1n) is 4.67. The maximum absolute atomic E-state index is 10.7. The second kappa shape index (κ2) is 3.70. The van der Waals surface area contributed by atoms with E-state index in [1.165, 1.54) is 12.5 Å². The van der Waals surface area contributed by atoms with E-state index in [1.54, 1.807) is 0 Å². The monoisotopic (exact) mass is 192 g/mol. The number of esters is 1. The van der Waals surface area contributed by atoms with Gasteiger partial charge in [0.25, 0.3) is 0 Å². The fourth-order valence-corrected chi connectivity index (χ4v) is 1.57. The average molecular weight is 192 g/mol. The minimum Gasteiger partial charge on any atom is -0.454 e. The third-order valence-electron chi connectivity index (χ3n) is 2.18. The summed E-state index contributed by atoms with van der Waals surface area (Å²) in [4.78, 5) is 10.7. The van der Waals surface area contributed by atoms with Crippen LogP contribution >= 0.6 is 0 Å². The number of ether oxygens (including phenoxy) is 2. The molecule has 3 nitrogen and oxygen atoms in total. The zero-order valence-electron chi connectivity index (χ0n) is 8.03. The normalized spacial score (nSPS) is 19.4. The first-order chi connectivity index (χ1) is 6.75. The zero-order valence-corrected chi connectivity index (χ0v) is 8.03. The van der Waals surface area contributed by atoms with Crippen LogP contribution in [0.1, 0.15) is 18.9 Å². The Bertz CT molecular complexity index is 346. The van der Waals surface area contributed by atoms with Crippen LogP contribution < -0.4 is 4.74 Å². The van der Waals surface area contributed by atoms with E-state index in [0.717, 1.165) is 18.6 Å². The summed E-state index contributed by atoms with van der Waals surface area (Å²) in [6.45, 7) is 1.39. The molecule has 1 aliphatic rings. The van der Waals surface area contributed by atoms with Crippen LogP contribution in [0.15, 0.2) is 24.3 Å². The molecular formula is C11H12O3. The van der Waals surface area contributed by atoms with Gasteiger partial charge in [-0.2, -0.15) is 0 Å². The molecule has 0 radical (unpaired) electrons. The van der Waals surface area contributed by atoms with Crippen molar-refractivity contribution in [3.8, 4) is 5.75 Å². The molecule has 0 saturated heterocycles. The van der Waals surface area contributed by atoms with E-state index < -0.39 is 6.29 Å². The molecule has 14 heavy (non-hydrogen) atoms.